The lowest BCUT2D eigenvalue weighted by molar-refractivity contribution is 0.327. The van der Waals surface area contributed by atoms with Gasteiger partial charge in [-0.2, -0.15) is 0 Å². The van der Waals surface area contributed by atoms with Gasteiger partial charge in [-0.25, -0.2) is 4.31 Å². The van der Waals surface area contributed by atoms with Crippen LogP contribution in [0.2, 0.25) is 0 Å². The van der Waals surface area contributed by atoms with Crippen molar-refractivity contribution in [3.8, 4) is 5.75 Å². The first-order chi connectivity index (χ1) is 7.80. The van der Waals surface area contributed by atoms with E-state index in [1.165, 1.54) is 0 Å². The Balaban J connectivity index is 2.84. The molecule has 0 bridgehead atoms. The fraction of sp³-hybridized carbons (Fsp3) is 0.400. The summed E-state index contributed by atoms with van der Waals surface area (Å²) in [6.07, 6.45) is 0. The fourth-order valence-corrected chi connectivity index (χ4v) is 2.29. The lowest BCUT2D eigenvalue weighted by atomic mass is 9.86. The summed E-state index contributed by atoms with van der Waals surface area (Å²) in [6, 6.07) is 7.24. The summed E-state index contributed by atoms with van der Waals surface area (Å²) in [5, 5.41) is 0. The highest BCUT2D eigenvalue weighted by Gasteiger charge is 2.22. The molecule has 1 atom stereocenters. The van der Waals surface area contributed by atoms with Crippen molar-refractivity contribution in [1.29, 1.82) is 0 Å². The van der Waals surface area contributed by atoms with Crippen molar-refractivity contribution in [2.24, 2.45) is 0 Å². The van der Waals surface area contributed by atoms with Gasteiger partial charge >= 0.3 is 17.2 Å². The van der Waals surface area contributed by atoms with Gasteiger partial charge in [0.1, 0.15) is 5.75 Å². The van der Waals surface area contributed by atoms with E-state index in [0.29, 0.717) is 5.75 Å². The third-order valence-electron chi connectivity index (χ3n) is 2.01. The van der Waals surface area contributed by atoms with Crippen molar-refractivity contribution in [2.75, 3.05) is 0 Å². The molecule has 0 spiro atoms. The van der Waals surface area contributed by atoms with Gasteiger partial charge in [-0.05, 0) is 17.0 Å². The Morgan fingerprint density at radius 1 is 1.06 bits per heavy atom. The Labute approximate surface area is 103 Å². The number of para-hydroxylation sites is 1. The molecule has 1 aromatic carbocycles. The molecule has 1 unspecified atom stereocenters. The van der Waals surface area contributed by atoms with Gasteiger partial charge in [0.25, 0.3) is 0 Å². The predicted octanol–water partition coefficient (Wildman–Crippen LogP) is 2.81. The maximum Gasteiger partial charge on any atom is 0.401 e. The van der Waals surface area contributed by atoms with Crippen molar-refractivity contribution in [3.63, 3.8) is 0 Å². The minimum Gasteiger partial charge on any atom is -0.426 e. The molecule has 96 valence electrons. The normalized spacial score (nSPS) is 13.8. The predicted molar refractivity (Wildman–Crippen MR) is 67.4 cm³/mol. The summed E-state index contributed by atoms with van der Waals surface area (Å²) in [5.41, 5.74) is 0.765. The molecule has 0 fully saturated rings. The molecular formula is C10H16O5P2. The topological polar surface area (TPSA) is 79.2 Å². The minimum absolute atomic E-state index is 0.143. The minimum atomic E-state index is -2.62. The molecule has 7 heteroatoms. The van der Waals surface area contributed by atoms with Gasteiger partial charge < -0.3 is 19.2 Å². The first-order valence-corrected chi connectivity index (χ1v) is 7.22. The summed E-state index contributed by atoms with van der Waals surface area (Å²) in [6.45, 7) is 6.04. The van der Waals surface area contributed by atoms with Gasteiger partial charge in [0, 0.05) is 0 Å². The quantitative estimate of drug-likeness (QED) is 0.738. The molecule has 1 rings (SSSR count). The smallest absolute Gasteiger partial charge is 0.401 e. The van der Waals surface area contributed by atoms with Crippen LogP contribution in [0.1, 0.15) is 26.3 Å². The molecule has 0 aliphatic heterocycles. The van der Waals surface area contributed by atoms with Gasteiger partial charge in [0.05, 0.1) is 0 Å². The Hall–Kier alpha value is -0.280. The van der Waals surface area contributed by atoms with Crippen LogP contribution in [-0.4, -0.2) is 14.7 Å². The van der Waals surface area contributed by atoms with Crippen LogP contribution in [0.25, 0.3) is 0 Å². The van der Waals surface area contributed by atoms with Gasteiger partial charge in [-0.3, -0.25) is 0 Å². The van der Waals surface area contributed by atoms with E-state index in [4.69, 9.17) is 14.3 Å². The lowest BCUT2D eigenvalue weighted by Gasteiger charge is -2.23. The second-order valence-corrected chi connectivity index (χ2v) is 6.23. The first-order valence-electron chi connectivity index (χ1n) is 4.93. The molecular weight excluding hydrogens is 262 g/mol. The number of rotatable bonds is 4. The van der Waals surface area contributed by atoms with Crippen LogP contribution in [-0.2, 0) is 9.73 Å². The third kappa shape index (κ3) is 4.84. The van der Waals surface area contributed by atoms with Gasteiger partial charge in [0.2, 0.25) is 0 Å². The second kappa shape index (κ2) is 6.05. The summed E-state index contributed by atoms with van der Waals surface area (Å²) in [5.74, 6) is 0.477. The highest BCUT2D eigenvalue weighted by molar-refractivity contribution is 7.54. The molecule has 0 saturated heterocycles. The number of hydrogen-bond donors (Lipinski definition) is 3. The summed E-state index contributed by atoms with van der Waals surface area (Å²) in [7, 11) is -4.95. The van der Waals surface area contributed by atoms with Crippen molar-refractivity contribution in [3.05, 3.63) is 29.8 Å². The van der Waals surface area contributed by atoms with Crippen LogP contribution in [0.15, 0.2) is 24.3 Å². The zero-order valence-electron chi connectivity index (χ0n) is 9.86. The maximum atomic E-state index is 9.38. The molecule has 0 heterocycles. The van der Waals surface area contributed by atoms with E-state index in [0.717, 1.165) is 5.56 Å². The Bertz CT molecular complexity index is 364. The van der Waals surface area contributed by atoms with Crippen LogP contribution in [0.5, 0.6) is 5.75 Å². The molecule has 5 nitrogen and oxygen atoms in total. The van der Waals surface area contributed by atoms with Crippen LogP contribution in [0.3, 0.4) is 0 Å². The highest BCUT2D eigenvalue weighted by atomic mass is 31.2. The molecule has 0 radical (unpaired) electrons. The monoisotopic (exact) mass is 278 g/mol. The lowest BCUT2D eigenvalue weighted by Crippen LogP contribution is -2.12. The maximum absolute atomic E-state index is 9.38. The summed E-state index contributed by atoms with van der Waals surface area (Å²) >= 11 is 0. The SMILES string of the molecule is CC(C)(C)c1ccccc1OP(O)OP(O)O. The number of hydrogen-bond acceptors (Lipinski definition) is 5. The third-order valence-corrected chi connectivity index (χ3v) is 3.51. The Morgan fingerprint density at radius 3 is 2.18 bits per heavy atom. The summed E-state index contributed by atoms with van der Waals surface area (Å²) in [4.78, 5) is 26.6. The van der Waals surface area contributed by atoms with E-state index in [1.807, 2.05) is 32.9 Å². The van der Waals surface area contributed by atoms with Crippen LogP contribution in [0.4, 0.5) is 0 Å². The largest absolute Gasteiger partial charge is 0.426 e. The first kappa shape index (κ1) is 14.8. The molecule has 0 aliphatic carbocycles. The molecule has 1 aromatic rings. The van der Waals surface area contributed by atoms with E-state index in [2.05, 4.69) is 4.31 Å². The Kier molecular flexibility index (Phi) is 5.26. The molecule has 0 aromatic heterocycles. The molecule has 17 heavy (non-hydrogen) atoms. The zero-order valence-corrected chi connectivity index (χ0v) is 11.7. The average Bonchev–Trinajstić information content (AvgIpc) is 2.15. The van der Waals surface area contributed by atoms with Crippen molar-refractivity contribution < 1.29 is 23.5 Å². The molecule has 0 aliphatic rings. The molecule has 3 N–H and O–H groups in total. The van der Waals surface area contributed by atoms with Gasteiger partial charge in [-0.1, -0.05) is 39.0 Å². The van der Waals surface area contributed by atoms with E-state index in [-0.39, 0.29) is 5.41 Å². The Morgan fingerprint density at radius 2 is 1.65 bits per heavy atom. The van der Waals surface area contributed by atoms with E-state index in [9.17, 15) is 4.89 Å². The zero-order chi connectivity index (χ0) is 13.1. The van der Waals surface area contributed by atoms with Crippen LogP contribution >= 0.6 is 17.2 Å². The standard InChI is InChI=1S/C10H16O5P2/c1-10(2,3)8-6-4-5-7-9(8)14-17(13)15-16(11)12/h4-7,11-13H,1-3H3. The fourth-order valence-electron chi connectivity index (χ4n) is 1.33. The van der Waals surface area contributed by atoms with Gasteiger partial charge in [0.15, 0.2) is 0 Å². The van der Waals surface area contributed by atoms with E-state index >= 15 is 0 Å². The van der Waals surface area contributed by atoms with Crippen molar-refractivity contribution in [2.45, 2.75) is 26.2 Å². The average molecular weight is 278 g/mol. The van der Waals surface area contributed by atoms with Gasteiger partial charge in [-0.15, -0.1) is 0 Å². The highest BCUT2D eigenvalue weighted by Crippen LogP contribution is 2.48. The number of benzene rings is 1. The van der Waals surface area contributed by atoms with E-state index < -0.39 is 17.2 Å². The summed E-state index contributed by atoms with van der Waals surface area (Å²) < 4.78 is 9.57. The second-order valence-electron chi connectivity index (χ2n) is 4.41. The molecule has 0 saturated carbocycles. The van der Waals surface area contributed by atoms with E-state index in [1.54, 1.807) is 12.1 Å². The van der Waals surface area contributed by atoms with Crippen molar-refractivity contribution in [1.82, 2.24) is 0 Å². The van der Waals surface area contributed by atoms with Crippen LogP contribution < -0.4 is 4.52 Å². The molecule has 0 amide bonds. The van der Waals surface area contributed by atoms with Crippen molar-refractivity contribution >= 4 is 17.2 Å². The van der Waals surface area contributed by atoms with Crippen LogP contribution in [0, 0.1) is 0 Å².